The van der Waals surface area contributed by atoms with Crippen LogP contribution in [-0.4, -0.2) is 55.6 Å². The van der Waals surface area contributed by atoms with Gasteiger partial charge in [0.05, 0.1) is 6.61 Å². The molecule has 5 heteroatoms. The van der Waals surface area contributed by atoms with E-state index in [1.54, 1.807) is 28.1 Å². The number of likely N-dealkylation sites (N-methyl/N-ethyl adjacent to an activating group) is 2. The zero-order valence-corrected chi connectivity index (χ0v) is 11.2. The Morgan fingerprint density at radius 3 is 2.22 bits per heavy atom. The van der Waals surface area contributed by atoms with E-state index in [0.29, 0.717) is 0 Å². The van der Waals surface area contributed by atoms with Gasteiger partial charge in [0.15, 0.2) is 0 Å². The number of amides is 2. The summed E-state index contributed by atoms with van der Waals surface area (Å²) in [5, 5.41) is 0. The van der Waals surface area contributed by atoms with E-state index in [1.807, 2.05) is 25.7 Å². The Kier molecular flexibility index (Phi) is 5.44. The number of hydrogen-bond donors (Lipinski definition) is 0. The standard InChI is InChI=1S/C13H19N2O3/c1-5-18-13(17)15(4)11(12(16)14(2)3)10-8-6-7-9-10/h6-9,11H,5H2,1-4H3. The fraction of sp³-hybridized carbons (Fsp3) is 0.462. The summed E-state index contributed by atoms with van der Waals surface area (Å²) in [4.78, 5) is 26.7. The van der Waals surface area contributed by atoms with Crippen molar-refractivity contribution in [3.63, 3.8) is 0 Å². The van der Waals surface area contributed by atoms with Gasteiger partial charge in [-0.25, -0.2) is 4.79 Å². The maximum Gasteiger partial charge on any atom is 0.410 e. The van der Waals surface area contributed by atoms with Crippen LogP contribution in [0.2, 0.25) is 0 Å². The van der Waals surface area contributed by atoms with Gasteiger partial charge >= 0.3 is 6.09 Å². The molecule has 0 aromatic heterocycles. The summed E-state index contributed by atoms with van der Waals surface area (Å²) in [6.07, 6.45) is 6.82. The Morgan fingerprint density at radius 2 is 1.78 bits per heavy atom. The van der Waals surface area contributed by atoms with Gasteiger partial charge in [0.2, 0.25) is 5.91 Å². The smallest absolute Gasteiger partial charge is 0.410 e. The van der Waals surface area contributed by atoms with Crippen molar-refractivity contribution in [1.29, 1.82) is 0 Å². The van der Waals surface area contributed by atoms with Crippen molar-refractivity contribution in [3.8, 4) is 0 Å². The van der Waals surface area contributed by atoms with Crippen LogP contribution in [0.25, 0.3) is 0 Å². The number of carbonyl (C=O) groups is 2. The van der Waals surface area contributed by atoms with Gasteiger partial charge in [0.25, 0.3) is 0 Å². The van der Waals surface area contributed by atoms with Gasteiger partial charge in [0.1, 0.15) is 6.04 Å². The highest BCUT2D eigenvalue weighted by atomic mass is 16.6. The summed E-state index contributed by atoms with van der Waals surface area (Å²) in [6.45, 7) is 2.02. The molecule has 1 aliphatic rings. The molecule has 0 saturated heterocycles. The second-order valence-corrected chi connectivity index (χ2v) is 4.16. The van der Waals surface area contributed by atoms with Crippen LogP contribution in [0.5, 0.6) is 0 Å². The van der Waals surface area contributed by atoms with E-state index in [0.717, 1.165) is 5.92 Å². The molecule has 0 spiro atoms. The SMILES string of the molecule is CCOC(=O)N(C)C([C]1[CH][CH][CH][CH]1)C(=O)N(C)C. The third-order valence-electron chi connectivity index (χ3n) is 2.62. The number of carbonyl (C=O) groups excluding carboxylic acids is 2. The van der Waals surface area contributed by atoms with Crippen LogP contribution >= 0.6 is 0 Å². The molecular weight excluding hydrogens is 232 g/mol. The minimum Gasteiger partial charge on any atom is -0.450 e. The average molecular weight is 251 g/mol. The lowest BCUT2D eigenvalue weighted by Crippen LogP contribution is -2.50. The molecule has 1 unspecified atom stereocenters. The van der Waals surface area contributed by atoms with Crippen molar-refractivity contribution in [1.82, 2.24) is 9.80 Å². The molecule has 1 rings (SSSR count). The zero-order chi connectivity index (χ0) is 13.7. The molecule has 0 aromatic rings. The molecule has 0 bridgehead atoms. The van der Waals surface area contributed by atoms with Crippen LogP contribution in [0.3, 0.4) is 0 Å². The van der Waals surface area contributed by atoms with Crippen LogP contribution in [0, 0.1) is 31.6 Å². The molecule has 0 aromatic carbocycles. The highest BCUT2D eigenvalue weighted by molar-refractivity contribution is 5.89. The van der Waals surface area contributed by atoms with Gasteiger partial charge < -0.3 is 9.64 Å². The van der Waals surface area contributed by atoms with Crippen LogP contribution in [0.15, 0.2) is 0 Å². The molecule has 99 valence electrons. The summed E-state index contributed by atoms with van der Waals surface area (Å²) >= 11 is 0. The van der Waals surface area contributed by atoms with Crippen LogP contribution in [0.1, 0.15) is 6.92 Å². The summed E-state index contributed by atoms with van der Waals surface area (Å²) in [5.41, 5.74) is 0. The van der Waals surface area contributed by atoms with Crippen molar-refractivity contribution in [3.05, 3.63) is 31.6 Å². The van der Waals surface area contributed by atoms with Gasteiger partial charge in [0, 0.05) is 27.1 Å². The number of ether oxygens (including phenoxy) is 1. The maximum atomic E-state index is 12.2. The van der Waals surface area contributed by atoms with Crippen molar-refractivity contribution < 1.29 is 14.3 Å². The predicted molar refractivity (Wildman–Crippen MR) is 67.7 cm³/mol. The molecule has 0 heterocycles. The highest BCUT2D eigenvalue weighted by Crippen LogP contribution is 2.30. The number of nitrogens with zero attached hydrogens (tertiary/aromatic N) is 2. The Morgan fingerprint density at radius 1 is 1.22 bits per heavy atom. The van der Waals surface area contributed by atoms with Gasteiger partial charge in [-0.15, -0.1) is 0 Å². The Labute approximate surface area is 109 Å². The molecule has 18 heavy (non-hydrogen) atoms. The minimum absolute atomic E-state index is 0.156. The molecule has 1 saturated carbocycles. The molecule has 0 N–H and O–H groups in total. The third kappa shape index (κ3) is 3.37. The van der Waals surface area contributed by atoms with E-state index in [1.165, 1.54) is 9.80 Å². The first-order valence-electron chi connectivity index (χ1n) is 5.81. The second-order valence-electron chi connectivity index (χ2n) is 4.16. The van der Waals surface area contributed by atoms with Crippen molar-refractivity contribution >= 4 is 12.0 Å². The largest absolute Gasteiger partial charge is 0.450 e. The molecular formula is C13H19N2O3. The first-order chi connectivity index (χ1) is 8.49. The van der Waals surface area contributed by atoms with Gasteiger partial charge in [-0.3, -0.25) is 9.69 Å². The Balaban J connectivity index is 2.82. The summed E-state index contributed by atoms with van der Waals surface area (Å²) in [6, 6.07) is -0.644. The monoisotopic (exact) mass is 251 g/mol. The van der Waals surface area contributed by atoms with Crippen molar-refractivity contribution in [2.45, 2.75) is 13.0 Å². The van der Waals surface area contributed by atoms with E-state index in [9.17, 15) is 9.59 Å². The summed E-state index contributed by atoms with van der Waals surface area (Å²) < 4.78 is 4.93. The molecule has 0 aliphatic heterocycles. The third-order valence-corrected chi connectivity index (χ3v) is 2.62. The van der Waals surface area contributed by atoms with Gasteiger partial charge in [-0.2, -0.15) is 0 Å². The lowest BCUT2D eigenvalue weighted by atomic mass is 9.96. The van der Waals surface area contributed by atoms with E-state index in [4.69, 9.17) is 4.74 Å². The molecule has 1 aliphatic carbocycles. The van der Waals surface area contributed by atoms with Crippen LogP contribution in [0.4, 0.5) is 4.79 Å². The quantitative estimate of drug-likeness (QED) is 0.747. The zero-order valence-electron chi connectivity index (χ0n) is 11.2. The molecule has 2 amide bonds. The summed E-state index contributed by atoms with van der Waals surface area (Å²) in [7, 11) is 4.89. The van der Waals surface area contributed by atoms with E-state index < -0.39 is 12.1 Å². The fourth-order valence-electron chi connectivity index (χ4n) is 1.68. The average Bonchev–Trinajstić information content (AvgIpc) is 2.82. The topological polar surface area (TPSA) is 49.9 Å². The summed E-state index contributed by atoms with van der Waals surface area (Å²) in [5.74, 6) is 0.626. The second kappa shape index (κ2) is 6.61. The minimum atomic E-state index is -0.644. The Hall–Kier alpha value is -1.26. The van der Waals surface area contributed by atoms with E-state index in [2.05, 4.69) is 0 Å². The van der Waals surface area contributed by atoms with E-state index >= 15 is 0 Å². The van der Waals surface area contributed by atoms with Gasteiger partial charge in [-0.05, 0) is 32.6 Å². The lowest BCUT2D eigenvalue weighted by molar-refractivity contribution is -0.132. The maximum absolute atomic E-state index is 12.2. The first-order valence-corrected chi connectivity index (χ1v) is 5.81. The van der Waals surface area contributed by atoms with Crippen molar-refractivity contribution in [2.24, 2.45) is 0 Å². The lowest BCUT2D eigenvalue weighted by Gasteiger charge is -2.32. The first kappa shape index (κ1) is 14.8. The molecule has 5 radical (unpaired) electrons. The molecule has 1 fully saturated rings. The van der Waals surface area contributed by atoms with Crippen LogP contribution in [-0.2, 0) is 9.53 Å². The van der Waals surface area contributed by atoms with Crippen LogP contribution < -0.4 is 0 Å². The Bertz CT molecular complexity index is 299. The van der Waals surface area contributed by atoms with Gasteiger partial charge in [-0.1, -0.05) is 0 Å². The normalized spacial score (nSPS) is 17.3. The molecule has 5 nitrogen and oxygen atoms in total. The number of rotatable bonds is 4. The number of hydrogen-bond acceptors (Lipinski definition) is 3. The van der Waals surface area contributed by atoms with E-state index in [-0.39, 0.29) is 12.5 Å². The van der Waals surface area contributed by atoms with Crippen molar-refractivity contribution in [2.75, 3.05) is 27.7 Å². The fourth-order valence-corrected chi connectivity index (χ4v) is 1.68. The molecule has 1 atom stereocenters. The predicted octanol–water partition coefficient (Wildman–Crippen LogP) is 0.937. The highest BCUT2D eigenvalue weighted by Gasteiger charge is 2.38.